The lowest BCUT2D eigenvalue weighted by Crippen LogP contribution is -2.70. The highest BCUT2D eigenvalue weighted by molar-refractivity contribution is 5.79. The van der Waals surface area contributed by atoms with Crippen molar-refractivity contribution in [2.24, 2.45) is 5.41 Å². The molecular weight excluding hydrogens is 493 g/mol. The molecule has 3 aliphatic carbocycles. The highest BCUT2D eigenvalue weighted by Gasteiger charge is 2.70. The smallest absolute Gasteiger partial charge is 0.266 e. The average molecular weight is 523 g/mol. The van der Waals surface area contributed by atoms with Crippen LogP contribution in [0.15, 0.2) is 43.1 Å². The van der Waals surface area contributed by atoms with Gasteiger partial charge in [0.25, 0.3) is 5.92 Å². The number of rotatable bonds is 8. The predicted molar refractivity (Wildman–Crippen MR) is 137 cm³/mol. The fourth-order valence-corrected chi connectivity index (χ4v) is 6.34. The van der Waals surface area contributed by atoms with Gasteiger partial charge in [-0.3, -0.25) is 9.97 Å². The second-order valence-electron chi connectivity index (χ2n) is 11.4. The van der Waals surface area contributed by atoms with Crippen LogP contribution < -0.4 is 10.2 Å². The van der Waals surface area contributed by atoms with Gasteiger partial charge in [0.1, 0.15) is 12.0 Å². The molecule has 2 N–H and O–H groups in total. The number of anilines is 1. The summed E-state index contributed by atoms with van der Waals surface area (Å²) in [6, 6.07) is 6.19. The van der Waals surface area contributed by atoms with Gasteiger partial charge in [-0.05, 0) is 49.8 Å². The van der Waals surface area contributed by atoms with Gasteiger partial charge in [-0.1, -0.05) is 0 Å². The summed E-state index contributed by atoms with van der Waals surface area (Å²) in [4.78, 5) is 18.3. The number of nitrogens with zero attached hydrogens (tertiary/aromatic N) is 6. The molecule has 1 saturated heterocycles. The molecule has 4 aromatic heterocycles. The molecule has 3 saturated carbocycles. The first-order valence-electron chi connectivity index (χ1n) is 13.0. The van der Waals surface area contributed by atoms with E-state index in [9.17, 15) is 13.2 Å². The first kappa shape index (κ1) is 23.6. The number of nitrogens with one attached hydrogen (secondary N) is 2. The number of hydrogen-bond acceptors (Lipinski definition) is 6. The molecule has 0 aromatic carbocycles. The van der Waals surface area contributed by atoms with Crippen LogP contribution in [-0.4, -0.2) is 60.4 Å². The van der Waals surface area contributed by atoms with E-state index in [0.29, 0.717) is 56.0 Å². The average Bonchev–Trinajstić information content (AvgIpc) is 3.58. The zero-order valence-corrected chi connectivity index (χ0v) is 21.1. The maximum Gasteiger partial charge on any atom is 0.266 e. The highest BCUT2D eigenvalue weighted by atomic mass is 19.3. The van der Waals surface area contributed by atoms with E-state index in [1.54, 1.807) is 34.4 Å². The maximum atomic E-state index is 13.9. The molecule has 8 nitrogen and oxygen atoms in total. The van der Waals surface area contributed by atoms with Crippen molar-refractivity contribution < 1.29 is 13.2 Å². The fourth-order valence-electron chi connectivity index (χ4n) is 6.34. The van der Waals surface area contributed by atoms with Gasteiger partial charge in [-0.2, -0.15) is 5.10 Å². The molecule has 1 atom stereocenters. The number of halogens is 3. The Labute approximate surface area is 217 Å². The Morgan fingerprint density at radius 3 is 2.68 bits per heavy atom. The topological polar surface area (TPSA) is 87.6 Å². The van der Waals surface area contributed by atoms with Crippen molar-refractivity contribution in [2.45, 2.75) is 63.3 Å². The quantitative estimate of drug-likeness (QED) is 0.355. The summed E-state index contributed by atoms with van der Waals surface area (Å²) in [5, 5.41) is 9.16. The molecule has 0 spiro atoms. The number of H-pyrrole nitrogens is 1. The van der Waals surface area contributed by atoms with E-state index in [4.69, 9.17) is 0 Å². The minimum absolute atomic E-state index is 0.145. The first-order valence-corrected chi connectivity index (χ1v) is 13.0. The van der Waals surface area contributed by atoms with E-state index in [-0.39, 0.29) is 24.4 Å². The van der Waals surface area contributed by atoms with E-state index in [2.05, 4.69) is 43.3 Å². The minimum atomic E-state index is -2.67. The van der Waals surface area contributed by atoms with E-state index in [1.807, 2.05) is 12.3 Å². The zero-order chi connectivity index (χ0) is 26.1. The molecule has 11 heteroatoms. The molecule has 5 heterocycles. The van der Waals surface area contributed by atoms with Crippen LogP contribution >= 0.6 is 0 Å². The monoisotopic (exact) mass is 522 g/mol. The Morgan fingerprint density at radius 2 is 1.92 bits per heavy atom. The largest absolute Gasteiger partial charge is 0.364 e. The Bertz CT molecular complexity index is 1490. The highest BCUT2D eigenvalue weighted by Crippen LogP contribution is 2.70. The summed E-state index contributed by atoms with van der Waals surface area (Å²) in [5.41, 5.74) is 3.48. The van der Waals surface area contributed by atoms with Crippen molar-refractivity contribution in [1.82, 2.24) is 35.0 Å². The van der Waals surface area contributed by atoms with Crippen molar-refractivity contribution >= 4 is 16.6 Å². The molecule has 4 aromatic rings. The van der Waals surface area contributed by atoms with Crippen LogP contribution in [0.25, 0.3) is 22.3 Å². The van der Waals surface area contributed by atoms with Gasteiger partial charge in [0.05, 0.1) is 30.7 Å². The molecule has 198 valence electrons. The number of aromatic nitrogens is 6. The number of hydrogen-bond donors (Lipinski definition) is 2. The number of aromatic amines is 1. The number of fused-ring (bicyclic) bond motifs is 1. The van der Waals surface area contributed by atoms with Crippen LogP contribution in [0, 0.1) is 5.41 Å². The van der Waals surface area contributed by atoms with E-state index in [0.717, 1.165) is 22.3 Å². The maximum absolute atomic E-state index is 13.9. The van der Waals surface area contributed by atoms with E-state index in [1.165, 1.54) is 0 Å². The molecular formula is C27H29F3N8. The summed E-state index contributed by atoms with van der Waals surface area (Å²) >= 11 is 0. The Kier molecular flexibility index (Phi) is 5.14. The lowest BCUT2D eigenvalue weighted by molar-refractivity contribution is -0.226. The second-order valence-corrected chi connectivity index (χ2v) is 11.4. The third kappa shape index (κ3) is 4.13. The van der Waals surface area contributed by atoms with Gasteiger partial charge < -0.3 is 15.2 Å². The Morgan fingerprint density at radius 1 is 1.08 bits per heavy atom. The minimum Gasteiger partial charge on any atom is -0.364 e. The molecule has 0 radical (unpaired) electrons. The van der Waals surface area contributed by atoms with Crippen LogP contribution in [0.3, 0.4) is 0 Å². The van der Waals surface area contributed by atoms with Gasteiger partial charge in [-0.25, -0.2) is 22.8 Å². The van der Waals surface area contributed by atoms with Gasteiger partial charge >= 0.3 is 0 Å². The predicted octanol–water partition coefficient (Wildman–Crippen LogP) is 4.48. The summed E-state index contributed by atoms with van der Waals surface area (Å²) in [7, 11) is 0. The van der Waals surface area contributed by atoms with Crippen molar-refractivity contribution in [1.29, 1.82) is 0 Å². The van der Waals surface area contributed by atoms with Crippen LogP contribution in [0.4, 0.5) is 18.9 Å². The SMILES string of the molecule is CC(NCc1cc2cnc(Cn3cnc(-c4cncc(N5CCC(F)(F)C5)c4)n3)cc2[nH]1)C12CC(F)(C1)C2. The van der Waals surface area contributed by atoms with Crippen LogP contribution in [-0.2, 0) is 13.1 Å². The third-order valence-electron chi connectivity index (χ3n) is 8.52. The van der Waals surface area contributed by atoms with Crippen LogP contribution in [0.5, 0.6) is 0 Å². The van der Waals surface area contributed by atoms with Gasteiger partial charge in [-0.15, -0.1) is 0 Å². The van der Waals surface area contributed by atoms with Crippen molar-refractivity contribution in [2.75, 3.05) is 18.0 Å². The first-order chi connectivity index (χ1) is 18.2. The molecule has 38 heavy (non-hydrogen) atoms. The molecule has 1 unspecified atom stereocenters. The summed E-state index contributed by atoms with van der Waals surface area (Å²) < 4.78 is 42.9. The molecule has 1 aliphatic heterocycles. The fraction of sp³-hybridized carbons (Fsp3) is 0.481. The number of alkyl halides is 3. The normalized spacial score (nSPS) is 26.4. The number of pyridine rings is 2. The molecule has 2 bridgehead atoms. The summed E-state index contributed by atoms with van der Waals surface area (Å²) in [5.74, 6) is -2.19. The van der Waals surface area contributed by atoms with E-state index >= 15 is 0 Å². The van der Waals surface area contributed by atoms with Crippen molar-refractivity contribution in [3.63, 3.8) is 0 Å². The zero-order valence-electron chi connectivity index (χ0n) is 21.1. The lowest BCUT2D eigenvalue weighted by atomic mass is 9.40. The van der Waals surface area contributed by atoms with E-state index < -0.39 is 11.6 Å². The summed E-state index contributed by atoms with van der Waals surface area (Å²) in [6.07, 6.45) is 8.64. The van der Waals surface area contributed by atoms with Gasteiger partial charge in [0, 0.05) is 60.1 Å². The third-order valence-corrected chi connectivity index (χ3v) is 8.52. The van der Waals surface area contributed by atoms with Crippen LogP contribution in [0.2, 0.25) is 0 Å². The van der Waals surface area contributed by atoms with Gasteiger partial charge in [0.2, 0.25) is 0 Å². The van der Waals surface area contributed by atoms with Crippen molar-refractivity contribution in [3.8, 4) is 11.4 Å². The van der Waals surface area contributed by atoms with Gasteiger partial charge in [0.15, 0.2) is 5.82 Å². The molecule has 0 amide bonds. The Balaban J connectivity index is 1.01. The standard InChI is InChI=1S/C27H29F3N8/c1-17(25-12-26(28,13-25)14-25)32-9-20-4-18-8-33-21(6-23(18)35-20)11-38-16-34-24(36-38)19-5-22(10-31-7-19)37-3-2-27(29,30)15-37/h4-8,10,16-17,32,35H,2-3,9,11-15H2,1H3. The molecule has 8 rings (SSSR count). The molecule has 4 aliphatic rings. The lowest BCUT2D eigenvalue weighted by Gasteiger charge is -2.68. The van der Waals surface area contributed by atoms with Crippen LogP contribution in [0.1, 0.15) is 44.0 Å². The Hall–Kier alpha value is -3.47. The second kappa shape index (κ2) is 8.26. The van der Waals surface area contributed by atoms with Crippen molar-refractivity contribution in [3.05, 3.63) is 54.5 Å². The molecule has 4 fully saturated rings. The summed E-state index contributed by atoms with van der Waals surface area (Å²) in [6.45, 7) is 3.28.